The lowest BCUT2D eigenvalue weighted by atomic mass is 10.2. The lowest BCUT2D eigenvalue weighted by Gasteiger charge is -2.08. The van der Waals surface area contributed by atoms with Gasteiger partial charge in [-0.15, -0.1) is 0 Å². The van der Waals surface area contributed by atoms with Gasteiger partial charge in [0.1, 0.15) is 6.33 Å². The van der Waals surface area contributed by atoms with Gasteiger partial charge in [0.2, 0.25) is 5.88 Å². The molecule has 0 fully saturated rings. The average molecular weight is 244 g/mol. The van der Waals surface area contributed by atoms with Gasteiger partial charge in [0.25, 0.3) is 0 Å². The van der Waals surface area contributed by atoms with Crippen molar-refractivity contribution in [1.82, 2.24) is 9.55 Å². The van der Waals surface area contributed by atoms with Crippen LogP contribution >= 0.6 is 23.2 Å². The van der Waals surface area contributed by atoms with Gasteiger partial charge in [-0.3, -0.25) is 0 Å². The number of rotatable bonds is 1. The zero-order valence-electron chi connectivity index (χ0n) is 7.48. The molecule has 0 spiro atoms. The molecule has 0 atom stereocenters. The molecule has 0 unspecified atom stereocenters. The molecular weight excluding hydrogens is 237 g/mol. The zero-order chi connectivity index (χ0) is 11.0. The Labute approximate surface area is 95.9 Å². The standard InChI is InChI=1S/C9H7Cl2N3O/c10-5-1-2-6(9(12)8(5)11)14-3-7(15)13-4-14/h1-4,15H,12H2. The largest absolute Gasteiger partial charge is 0.492 e. The number of nitrogens with two attached hydrogens (primary N) is 1. The third kappa shape index (κ3) is 1.73. The van der Waals surface area contributed by atoms with Crippen LogP contribution in [0.4, 0.5) is 5.69 Å². The number of nitrogens with zero attached hydrogens (tertiary/aromatic N) is 2. The van der Waals surface area contributed by atoms with Gasteiger partial charge >= 0.3 is 0 Å². The number of anilines is 1. The van der Waals surface area contributed by atoms with E-state index in [0.29, 0.717) is 21.4 Å². The molecule has 0 bridgehead atoms. The number of benzene rings is 1. The lowest BCUT2D eigenvalue weighted by Crippen LogP contribution is -1.98. The Bertz CT molecular complexity index is 510. The quantitative estimate of drug-likeness (QED) is 0.757. The highest BCUT2D eigenvalue weighted by Crippen LogP contribution is 2.32. The molecule has 0 radical (unpaired) electrons. The van der Waals surface area contributed by atoms with Crippen molar-refractivity contribution in [2.24, 2.45) is 0 Å². The molecule has 4 nitrogen and oxygen atoms in total. The van der Waals surface area contributed by atoms with Crippen LogP contribution in [0.25, 0.3) is 5.69 Å². The van der Waals surface area contributed by atoms with Crippen molar-refractivity contribution >= 4 is 28.9 Å². The Kier molecular flexibility index (Phi) is 2.46. The molecule has 15 heavy (non-hydrogen) atoms. The molecule has 2 aromatic rings. The summed E-state index contributed by atoms with van der Waals surface area (Å²) < 4.78 is 1.56. The summed E-state index contributed by atoms with van der Waals surface area (Å²) in [6.07, 6.45) is 2.86. The van der Waals surface area contributed by atoms with Gasteiger partial charge in [-0.1, -0.05) is 23.2 Å². The van der Waals surface area contributed by atoms with E-state index in [-0.39, 0.29) is 5.88 Å². The molecule has 3 N–H and O–H groups in total. The Morgan fingerprint density at radius 2 is 2.07 bits per heavy atom. The summed E-state index contributed by atoms with van der Waals surface area (Å²) in [6, 6.07) is 3.33. The predicted octanol–water partition coefficient (Wildman–Crippen LogP) is 2.47. The van der Waals surface area contributed by atoms with Crippen LogP contribution in [-0.2, 0) is 0 Å². The smallest absolute Gasteiger partial charge is 0.229 e. The Morgan fingerprint density at radius 1 is 1.33 bits per heavy atom. The first-order valence-corrected chi connectivity index (χ1v) is 4.82. The van der Waals surface area contributed by atoms with Gasteiger partial charge < -0.3 is 15.4 Å². The summed E-state index contributed by atoms with van der Waals surface area (Å²) in [5.74, 6) is -0.0829. The third-order valence-corrected chi connectivity index (χ3v) is 2.78. The fraction of sp³-hybridized carbons (Fsp3) is 0. The molecule has 78 valence electrons. The molecular formula is C9H7Cl2N3O. The summed E-state index contributed by atoms with van der Waals surface area (Å²) in [5, 5.41) is 9.78. The Hall–Kier alpha value is -1.39. The maximum absolute atomic E-state index is 9.10. The SMILES string of the molecule is Nc1c(-n2cnc(O)c2)ccc(Cl)c1Cl. The first-order valence-electron chi connectivity index (χ1n) is 4.06. The van der Waals surface area contributed by atoms with Crippen molar-refractivity contribution in [3.05, 3.63) is 34.7 Å². The summed E-state index contributed by atoms with van der Waals surface area (Å²) in [4.78, 5) is 3.67. The van der Waals surface area contributed by atoms with Crippen LogP contribution in [0.3, 0.4) is 0 Å². The maximum atomic E-state index is 9.10. The topological polar surface area (TPSA) is 64.1 Å². The second-order valence-electron chi connectivity index (χ2n) is 2.93. The molecule has 0 aliphatic rings. The fourth-order valence-electron chi connectivity index (χ4n) is 1.23. The predicted molar refractivity (Wildman–Crippen MR) is 59.7 cm³/mol. The summed E-state index contributed by atoms with van der Waals surface area (Å²) in [6.45, 7) is 0. The molecule has 6 heteroatoms. The Morgan fingerprint density at radius 3 is 2.67 bits per heavy atom. The maximum Gasteiger partial charge on any atom is 0.229 e. The number of aromatic nitrogens is 2. The van der Waals surface area contributed by atoms with Gasteiger partial charge in [-0.2, -0.15) is 0 Å². The molecule has 0 amide bonds. The number of hydrogen-bond acceptors (Lipinski definition) is 3. The van der Waals surface area contributed by atoms with Crippen molar-refractivity contribution in [2.45, 2.75) is 0 Å². The molecule has 1 aromatic carbocycles. The van der Waals surface area contributed by atoms with E-state index in [4.69, 9.17) is 34.0 Å². The van der Waals surface area contributed by atoms with Crippen molar-refractivity contribution in [2.75, 3.05) is 5.73 Å². The summed E-state index contributed by atoms with van der Waals surface area (Å²) >= 11 is 11.7. The van der Waals surface area contributed by atoms with Crippen LogP contribution in [-0.4, -0.2) is 14.7 Å². The second kappa shape index (κ2) is 3.64. The zero-order valence-corrected chi connectivity index (χ0v) is 9.00. The van der Waals surface area contributed by atoms with Crippen molar-refractivity contribution < 1.29 is 5.11 Å². The van der Waals surface area contributed by atoms with E-state index in [1.54, 1.807) is 16.7 Å². The van der Waals surface area contributed by atoms with E-state index in [9.17, 15) is 0 Å². The third-order valence-electron chi connectivity index (χ3n) is 1.96. The highest BCUT2D eigenvalue weighted by Gasteiger charge is 2.09. The fourth-order valence-corrected chi connectivity index (χ4v) is 1.55. The van der Waals surface area contributed by atoms with Gasteiger partial charge in [0, 0.05) is 0 Å². The second-order valence-corrected chi connectivity index (χ2v) is 3.72. The minimum Gasteiger partial charge on any atom is -0.492 e. The van der Waals surface area contributed by atoms with E-state index in [1.807, 2.05) is 0 Å². The minimum absolute atomic E-state index is 0.0829. The van der Waals surface area contributed by atoms with Gasteiger partial charge in [-0.25, -0.2) is 4.98 Å². The highest BCUT2D eigenvalue weighted by molar-refractivity contribution is 6.43. The first kappa shape index (κ1) is 10.1. The van der Waals surface area contributed by atoms with E-state index >= 15 is 0 Å². The number of hydrogen-bond donors (Lipinski definition) is 2. The Balaban J connectivity index is 2.59. The van der Waals surface area contributed by atoms with Crippen LogP contribution in [0.2, 0.25) is 10.0 Å². The molecule has 1 aromatic heterocycles. The van der Waals surface area contributed by atoms with Crippen molar-refractivity contribution in [3.8, 4) is 11.6 Å². The molecule has 0 aliphatic heterocycles. The molecule has 1 heterocycles. The molecule has 2 rings (SSSR count). The van der Waals surface area contributed by atoms with Crippen LogP contribution in [0.5, 0.6) is 5.88 Å². The van der Waals surface area contributed by atoms with E-state index in [2.05, 4.69) is 4.98 Å². The lowest BCUT2D eigenvalue weighted by molar-refractivity contribution is 0.456. The first-order chi connectivity index (χ1) is 7.09. The summed E-state index contributed by atoms with van der Waals surface area (Å²) in [5.41, 5.74) is 6.75. The average Bonchev–Trinajstić information content (AvgIpc) is 2.61. The number of aromatic hydroxyl groups is 1. The minimum atomic E-state index is -0.0829. The molecule has 0 saturated carbocycles. The van der Waals surface area contributed by atoms with Crippen LogP contribution in [0, 0.1) is 0 Å². The van der Waals surface area contributed by atoms with Crippen molar-refractivity contribution in [1.29, 1.82) is 0 Å². The van der Waals surface area contributed by atoms with Gasteiger partial charge in [0.05, 0.1) is 27.6 Å². The van der Waals surface area contributed by atoms with E-state index in [1.165, 1.54) is 12.5 Å². The number of imidazole rings is 1. The molecule has 0 aliphatic carbocycles. The normalized spacial score (nSPS) is 10.5. The monoisotopic (exact) mass is 243 g/mol. The van der Waals surface area contributed by atoms with Crippen LogP contribution in [0.1, 0.15) is 0 Å². The number of nitrogen functional groups attached to an aromatic ring is 1. The van der Waals surface area contributed by atoms with Gasteiger partial charge in [0.15, 0.2) is 0 Å². The van der Waals surface area contributed by atoms with Gasteiger partial charge in [-0.05, 0) is 12.1 Å². The van der Waals surface area contributed by atoms with E-state index < -0.39 is 0 Å². The van der Waals surface area contributed by atoms with Crippen LogP contribution in [0.15, 0.2) is 24.7 Å². The van der Waals surface area contributed by atoms with E-state index in [0.717, 1.165) is 0 Å². The molecule has 0 saturated heterocycles. The highest BCUT2D eigenvalue weighted by atomic mass is 35.5. The summed E-state index contributed by atoms with van der Waals surface area (Å²) in [7, 11) is 0. The van der Waals surface area contributed by atoms with Crippen LogP contribution < -0.4 is 5.73 Å². The number of halogens is 2. The van der Waals surface area contributed by atoms with Crippen molar-refractivity contribution in [3.63, 3.8) is 0 Å².